The topological polar surface area (TPSA) is 26.0 Å². The van der Waals surface area contributed by atoms with Gasteiger partial charge in [-0.3, -0.25) is 0 Å². The van der Waals surface area contributed by atoms with Gasteiger partial charge in [0.1, 0.15) is 0 Å². The summed E-state index contributed by atoms with van der Waals surface area (Å²) in [6.07, 6.45) is 2.02. The van der Waals surface area contributed by atoms with Crippen molar-refractivity contribution in [2.45, 2.75) is 32.7 Å². The highest BCUT2D eigenvalue weighted by Crippen LogP contribution is 2.28. The van der Waals surface area contributed by atoms with Crippen LogP contribution in [0.2, 0.25) is 5.02 Å². The van der Waals surface area contributed by atoms with Crippen LogP contribution in [0, 0.1) is 3.57 Å². The van der Waals surface area contributed by atoms with Crippen LogP contribution >= 0.6 is 34.2 Å². The van der Waals surface area contributed by atoms with E-state index in [0.29, 0.717) is 0 Å². The fourth-order valence-corrected chi connectivity index (χ4v) is 2.89. The van der Waals surface area contributed by atoms with Crippen LogP contribution in [0.1, 0.15) is 42.1 Å². The first kappa shape index (κ1) is 15.8. The van der Waals surface area contributed by atoms with Crippen molar-refractivity contribution in [3.8, 4) is 0 Å². The van der Waals surface area contributed by atoms with E-state index < -0.39 is 0 Å². The van der Waals surface area contributed by atoms with Gasteiger partial charge in [-0.2, -0.15) is 0 Å². The van der Waals surface area contributed by atoms with E-state index in [1.54, 1.807) is 0 Å². The summed E-state index contributed by atoms with van der Waals surface area (Å²) in [7, 11) is 0. The van der Waals surface area contributed by atoms with Crippen LogP contribution in [-0.4, -0.2) is 0 Å². The standard InChI is InChI=1S/C17H19ClIN/c1-3-11-5-6-12(4-2)14(9-11)17(20)13-7-8-16(19)15(18)10-13/h5-10,17H,3-4,20H2,1-2H3. The van der Waals surface area contributed by atoms with Crippen molar-refractivity contribution in [3.63, 3.8) is 0 Å². The van der Waals surface area contributed by atoms with Gasteiger partial charge < -0.3 is 5.73 Å². The lowest BCUT2D eigenvalue weighted by Gasteiger charge is -2.18. The van der Waals surface area contributed by atoms with Crippen molar-refractivity contribution in [3.05, 3.63) is 67.2 Å². The highest BCUT2D eigenvalue weighted by Gasteiger charge is 2.14. The maximum Gasteiger partial charge on any atom is 0.0555 e. The summed E-state index contributed by atoms with van der Waals surface area (Å²) in [6, 6.07) is 12.6. The van der Waals surface area contributed by atoms with Crippen molar-refractivity contribution >= 4 is 34.2 Å². The minimum Gasteiger partial charge on any atom is -0.320 e. The largest absolute Gasteiger partial charge is 0.320 e. The number of hydrogen-bond acceptors (Lipinski definition) is 1. The van der Waals surface area contributed by atoms with Gasteiger partial charge in [-0.1, -0.05) is 49.7 Å². The van der Waals surface area contributed by atoms with E-state index in [1.165, 1.54) is 16.7 Å². The van der Waals surface area contributed by atoms with Gasteiger partial charge in [0.15, 0.2) is 0 Å². The molecular weight excluding hydrogens is 381 g/mol. The maximum absolute atomic E-state index is 6.47. The Balaban J connectivity index is 2.45. The van der Waals surface area contributed by atoms with E-state index in [1.807, 2.05) is 12.1 Å². The molecule has 2 aromatic rings. The van der Waals surface area contributed by atoms with Crippen LogP contribution < -0.4 is 5.73 Å². The summed E-state index contributed by atoms with van der Waals surface area (Å²) in [5, 5.41) is 0.767. The molecule has 0 heterocycles. The third kappa shape index (κ3) is 3.35. The minimum absolute atomic E-state index is 0.119. The number of benzene rings is 2. The van der Waals surface area contributed by atoms with E-state index >= 15 is 0 Å². The van der Waals surface area contributed by atoms with Gasteiger partial charge in [0.25, 0.3) is 0 Å². The first-order valence-corrected chi connectivity index (χ1v) is 8.34. The Morgan fingerprint density at radius 3 is 2.45 bits per heavy atom. The Labute approximate surface area is 139 Å². The number of nitrogens with two attached hydrogens (primary N) is 1. The molecule has 0 aliphatic heterocycles. The first-order valence-electron chi connectivity index (χ1n) is 6.89. The summed E-state index contributed by atoms with van der Waals surface area (Å²) in [6.45, 7) is 4.33. The van der Waals surface area contributed by atoms with Crippen LogP contribution in [0.15, 0.2) is 36.4 Å². The Hall–Kier alpha value is -0.580. The van der Waals surface area contributed by atoms with E-state index in [-0.39, 0.29) is 6.04 Å². The zero-order valence-corrected chi connectivity index (χ0v) is 14.7. The molecule has 0 saturated carbocycles. The number of hydrogen-bond donors (Lipinski definition) is 1. The lowest BCUT2D eigenvalue weighted by Crippen LogP contribution is -2.14. The normalized spacial score (nSPS) is 12.4. The van der Waals surface area contributed by atoms with E-state index in [0.717, 1.165) is 27.0 Å². The van der Waals surface area contributed by atoms with E-state index in [4.69, 9.17) is 17.3 Å². The summed E-state index contributed by atoms with van der Waals surface area (Å²) < 4.78 is 1.05. The SMILES string of the molecule is CCc1ccc(CC)c(C(N)c2ccc(I)c(Cl)c2)c1. The van der Waals surface area contributed by atoms with Crippen molar-refractivity contribution in [2.75, 3.05) is 0 Å². The molecule has 0 aromatic heterocycles. The molecule has 1 nitrogen and oxygen atoms in total. The second-order valence-electron chi connectivity index (χ2n) is 4.89. The fourth-order valence-electron chi connectivity index (χ4n) is 2.36. The monoisotopic (exact) mass is 399 g/mol. The van der Waals surface area contributed by atoms with Gasteiger partial charge in [-0.25, -0.2) is 0 Å². The Morgan fingerprint density at radius 1 is 1.10 bits per heavy atom. The van der Waals surface area contributed by atoms with Crippen LogP contribution in [0.5, 0.6) is 0 Å². The average molecular weight is 400 g/mol. The van der Waals surface area contributed by atoms with Gasteiger partial charge in [0.2, 0.25) is 0 Å². The molecular formula is C17H19ClIN. The zero-order chi connectivity index (χ0) is 14.7. The quantitative estimate of drug-likeness (QED) is 0.710. The maximum atomic E-state index is 6.47. The molecule has 20 heavy (non-hydrogen) atoms. The third-order valence-corrected chi connectivity index (χ3v) is 5.21. The van der Waals surface area contributed by atoms with Crippen molar-refractivity contribution in [2.24, 2.45) is 5.73 Å². The highest BCUT2D eigenvalue weighted by atomic mass is 127. The molecule has 0 amide bonds. The van der Waals surface area contributed by atoms with Gasteiger partial charge >= 0.3 is 0 Å². The van der Waals surface area contributed by atoms with Crippen molar-refractivity contribution in [1.29, 1.82) is 0 Å². The molecule has 0 bridgehead atoms. The first-order chi connectivity index (χ1) is 9.56. The molecule has 0 saturated heterocycles. The third-order valence-electron chi connectivity index (χ3n) is 3.64. The molecule has 2 N–H and O–H groups in total. The van der Waals surface area contributed by atoms with Gasteiger partial charge in [-0.15, -0.1) is 0 Å². The summed E-state index contributed by atoms with van der Waals surface area (Å²) >= 11 is 8.45. The Bertz CT molecular complexity index is 610. The predicted octanol–water partition coefficient (Wildman–Crippen LogP) is 5.12. The highest BCUT2D eigenvalue weighted by molar-refractivity contribution is 14.1. The lowest BCUT2D eigenvalue weighted by atomic mass is 9.92. The minimum atomic E-state index is -0.119. The van der Waals surface area contributed by atoms with Crippen LogP contribution in [0.3, 0.4) is 0 Å². The zero-order valence-electron chi connectivity index (χ0n) is 11.8. The predicted molar refractivity (Wildman–Crippen MR) is 95.4 cm³/mol. The molecule has 2 aromatic carbocycles. The van der Waals surface area contributed by atoms with Crippen molar-refractivity contribution < 1.29 is 0 Å². The molecule has 0 aliphatic rings. The Morgan fingerprint density at radius 2 is 1.85 bits per heavy atom. The van der Waals surface area contributed by atoms with Crippen LogP contribution in [-0.2, 0) is 12.8 Å². The van der Waals surface area contributed by atoms with E-state index in [9.17, 15) is 0 Å². The molecule has 0 spiro atoms. The Kier molecular flexibility index (Phi) is 5.47. The number of aryl methyl sites for hydroxylation is 2. The molecule has 2 rings (SSSR count). The summed E-state index contributed by atoms with van der Waals surface area (Å²) in [4.78, 5) is 0. The average Bonchev–Trinajstić information content (AvgIpc) is 2.48. The lowest BCUT2D eigenvalue weighted by molar-refractivity contribution is 0.845. The summed E-state index contributed by atoms with van der Waals surface area (Å²) in [5.41, 5.74) is 11.4. The molecule has 0 fully saturated rings. The number of rotatable bonds is 4. The fraction of sp³-hybridized carbons (Fsp3) is 0.294. The number of halogens is 2. The second kappa shape index (κ2) is 6.92. The van der Waals surface area contributed by atoms with Gasteiger partial charge in [0, 0.05) is 3.57 Å². The molecule has 3 heteroatoms. The van der Waals surface area contributed by atoms with Crippen LogP contribution in [0.25, 0.3) is 0 Å². The summed E-state index contributed by atoms with van der Waals surface area (Å²) in [5.74, 6) is 0. The van der Waals surface area contributed by atoms with Crippen molar-refractivity contribution in [1.82, 2.24) is 0 Å². The second-order valence-corrected chi connectivity index (χ2v) is 6.46. The van der Waals surface area contributed by atoms with E-state index in [2.05, 4.69) is 60.7 Å². The molecule has 0 radical (unpaired) electrons. The van der Waals surface area contributed by atoms with Gasteiger partial charge in [-0.05, 0) is 69.8 Å². The molecule has 0 aliphatic carbocycles. The molecule has 1 unspecified atom stereocenters. The molecule has 106 valence electrons. The van der Waals surface area contributed by atoms with Crippen LogP contribution in [0.4, 0.5) is 0 Å². The van der Waals surface area contributed by atoms with Gasteiger partial charge in [0.05, 0.1) is 11.1 Å². The molecule has 1 atom stereocenters. The smallest absolute Gasteiger partial charge is 0.0555 e.